The van der Waals surface area contributed by atoms with Crippen LogP contribution in [0, 0.1) is 13.8 Å². The predicted octanol–water partition coefficient (Wildman–Crippen LogP) is 3.65. The van der Waals surface area contributed by atoms with E-state index in [-0.39, 0.29) is 24.0 Å². The molecular weight excluding hydrogens is 511 g/mol. The van der Waals surface area contributed by atoms with Crippen LogP contribution >= 0.6 is 24.0 Å². The summed E-state index contributed by atoms with van der Waals surface area (Å²) in [6.45, 7) is 7.81. The van der Waals surface area contributed by atoms with Crippen LogP contribution < -0.4 is 15.5 Å². The number of aryl methyl sites for hydroxylation is 2. The van der Waals surface area contributed by atoms with E-state index in [1.54, 1.807) is 6.07 Å². The molecule has 0 radical (unpaired) electrons. The lowest BCUT2D eigenvalue weighted by atomic mass is 10.1. The average molecular weight is 545 g/mol. The number of aliphatic imine (C=N–C) groups is 1. The number of rotatable bonds is 7. The van der Waals surface area contributed by atoms with Gasteiger partial charge in [0, 0.05) is 39.1 Å². The molecule has 0 aliphatic rings. The van der Waals surface area contributed by atoms with Crippen molar-refractivity contribution in [2.45, 2.75) is 38.8 Å². The fourth-order valence-electron chi connectivity index (χ4n) is 3.16. The summed E-state index contributed by atoms with van der Waals surface area (Å²) in [5.41, 5.74) is 5.32. The summed E-state index contributed by atoms with van der Waals surface area (Å²) < 4.78 is 23.6. The molecule has 0 bridgehead atoms. The van der Waals surface area contributed by atoms with Gasteiger partial charge in [0.1, 0.15) is 0 Å². The number of nitrogens with one attached hydrogen (secondary N) is 2. The number of hydrogen-bond acceptors (Lipinski definition) is 4. The van der Waals surface area contributed by atoms with Gasteiger partial charge in [0.25, 0.3) is 0 Å². The van der Waals surface area contributed by atoms with Crippen LogP contribution in [0.2, 0.25) is 0 Å². The lowest BCUT2D eigenvalue weighted by Gasteiger charge is -2.19. The van der Waals surface area contributed by atoms with Crippen molar-refractivity contribution >= 4 is 45.5 Å². The summed E-state index contributed by atoms with van der Waals surface area (Å²) >= 11 is 0. The highest BCUT2D eigenvalue weighted by molar-refractivity contribution is 14.0. The maximum atomic E-state index is 11.8. The second-order valence-corrected chi connectivity index (χ2v) is 9.43. The van der Waals surface area contributed by atoms with Crippen LogP contribution in [0.3, 0.4) is 0 Å². The number of benzene rings is 2. The Bertz CT molecular complexity index is 989. The number of guanidine groups is 1. The Morgan fingerprint density at radius 3 is 2.33 bits per heavy atom. The second kappa shape index (κ2) is 11.5. The third-order valence-electron chi connectivity index (χ3n) is 4.57. The monoisotopic (exact) mass is 544 g/mol. The first-order chi connectivity index (χ1) is 13.6. The molecule has 0 aromatic heterocycles. The van der Waals surface area contributed by atoms with Crippen molar-refractivity contribution in [1.82, 2.24) is 10.6 Å². The van der Waals surface area contributed by atoms with Gasteiger partial charge in [-0.3, -0.25) is 0 Å². The Kier molecular flexibility index (Phi) is 10.1. The molecule has 2 rings (SSSR count). The lowest BCUT2D eigenvalue weighted by Crippen LogP contribution is -2.37. The molecule has 0 amide bonds. The maximum Gasteiger partial charge on any atom is 0.191 e. The molecule has 166 valence electrons. The number of halogens is 1. The fraction of sp³-hybridized carbons (Fsp3) is 0.409. The molecule has 0 saturated carbocycles. The fourth-order valence-corrected chi connectivity index (χ4v) is 4.12. The van der Waals surface area contributed by atoms with Crippen molar-refractivity contribution in [3.05, 3.63) is 58.7 Å². The topological polar surface area (TPSA) is 73.8 Å². The zero-order valence-electron chi connectivity index (χ0n) is 18.6. The first-order valence-electron chi connectivity index (χ1n) is 9.70. The van der Waals surface area contributed by atoms with Gasteiger partial charge in [-0.05, 0) is 55.2 Å². The highest BCUT2D eigenvalue weighted by atomic mass is 127. The van der Waals surface area contributed by atoms with Crippen LogP contribution in [0.1, 0.15) is 29.2 Å². The average Bonchev–Trinajstić information content (AvgIpc) is 2.63. The van der Waals surface area contributed by atoms with E-state index >= 15 is 0 Å². The van der Waals surface area contributed by atoms with Gasteiger partial charge >= 0.3 is 0 Å². The molecule has 0 unspecified atom stereocenters. The molecule has 0 saturated heterocycles. The largest absolute Gasteiger partial charge is 0.377 e. The van der Waals surface area contributed by atoms with Crippen LogP contribution in [0.15, 0.2) is 46.3 Å². The molecule has 6 nitrogen and oxygen atoms in total. The Morgan fingerprint density at radius 2 is 1.77 bits per heavy atom. The molecule has 0 spiro atoms. The van der Waals surface area contributed by atoms with Gasteiger partial charge < -0.3 is 15.5 Å². The maximum absolute atomic E-state index is 11.8. The van der Waals surface area contributed by atoms with Crippen molar-refractivity contribution in [3.63, 3.8) is 0 Å². The molecule has 0 heterocycles. The van der Waals surface area contributed by atoms with E-state index in [4.69, 9.17) is 0 Å². The number of nitrogens with zero attached hydrogens (tertiary/aromatic N) is 2. The zero-order chi connectivity index (χ0) is 21.6. The van der Waals surface area contributed by atoms with Crippen LogP contribution in [-0.2, 0) is 22.9 Å². The number of anilines is 1. The quantitative estimate of drug-likeness (QED) is 0.317. The van der Waals surface area contributed by atoms with E-state index in [0.717, 1.165) is 23.6 Å². The standard InChI is InChI=1S/C22H32N4O2S.HI/c1-7-23-22(25-15-19-10-8-16(2)12-20(19)26(4)5)24-14-18-9-11-21(17(3)13-18)29(6,27)28;/h8-13H,7,14-15H2,1-6H3,(H2,23,24,25);1H. The molecule has 2 aromatic carbocycles. The van der Waals surface area contributed by atoms with E-state index in [1.807, 2.05) is 40.1 Å². The molecular formula is C22H33IN4O2S. The molecule has 2 aromatic rings. The first kappa shape index (κ1) is 26.2. The van der Waals surface area contributed by atoms with E-state index < -0.39 is 9.84 Å². The van der Waals surface area contributed by atoms with Crippen molar-refractivity contribution < 1.29 is 8.42 Å². The van der Waals surface area contributed by atoms with E-state index in [0.29, 0.717) is 18.0 Å². The number of sulfone groups is 1. The minimum absolute atomic E-state index is 0. The van der Waals surface area contributed by atoms with Gasteiger partial charge in [-0.15, -0.1) is 24.0 Å². The Morgan fingerprint density at radius 1 is 1.07 bits per heavy atom. The Balaban J connectivity index is 0.00000450. The molecule has 0 fully saturated rings. The minimum atomic E-state index is -3.21. The summed E-state index contributed by atoms with van der Waals surface area (Å²) in [7, 11) is 0.875. The predicted molar refractivity (Wildman–Crippen MR) is 137 cm³/mol. The van der Waals surface area contributed by atoms with Crippen LogP contribution in [0.5, 0.6) is 0 Å². The van der Waals surface area contributed by atoms with Crippen LogP contribution in [-0.4, -0.2) is 41.3 Å². The highest BCUT2D eigenvalue weighted by Crippen LogP contribution is 2.20. The summed E-state index contributed by atoms with van der Waals surface area (Å²) in [5, 5.41) is 6.65. The first-order valence-corrected chi connectivity index (χ1v) is 11.6. The zero-order valence-corrected chi connectivity index (χ0v) is 21.8. The van der Waals surface area contributed by atoms with E-state index in [1.165, 1.54) is 23.1 Å². The van der Waals surface area contributed by atoms with Gasteiger partial charge in [-0.1, -0.05) is 24.3 Å². The summed E-state index contributed by atoms with van der Waals surface area (Å²) in [5.74, 6) is 0.725. The summed E-state index contributed by atoms with van der Waals surface area (Å²) in [6.07, 6.45) is 1.23. The van der Waals surface area contributed by atoms with E-state index in [2.05, 4.69) is 45.6 Å². The van der Waals surface area contributed by atoms with Crippen molar-refractivity contribution in [2.24, 2.45) is 4.99 Å². The molecule has 0 atom stereocenters. The highest BCUT2D eigenvalue weighted by Gasteiger charge is 2.11. The lowest BCUT2D eigenvalue weighted by molar-refractivity contribution is 0.601. The molecule has 2 N–H and O–H groups in total. The molecule has 0 aliphatic carbocycles. The van der Waals surface area contributed by atoms with Gasteiger partial charge in [-0.2, -0.15) is 0 Å². The van der Waals surface area contributed by atoms with Crippen LogP contribution in [0.25, 0.3) is 0 Å². The molecule has 30 heavy (non-hydrogen) atoms. The molecule has 8 heteroatoms. The van der Waals surface area contributed by atoms with Gasteiger partial charge in [-0.25, -0.2) is 13.4 Å². The van der Waals surface area contributed by atoms with Crippen molar-refractivity contribution in [3.8, 4) is 0 Å². The Labute approximate surface area is 198 Å². The summed E-state index contributed by atoms with van der Waals surface area (Å²) in [4.78, 5) is 7.13. The van der Waals surface area contributed by atoms with Crippen molar-refractivity contribution in [2.75, 3.05) is 31.8 Å². The second-order valence-electron chi connectivity index (χ2n) is 7.45. The smallest absolute Gasteiger partial charge is 0.191 e. The Hall–Kier alpha value is -1.81. The number of hydrogen-bond donors (Lipinski definition) is 2. The van der Waals surface area contributed by atoms with Crippen LogP contribution in [0.4, 0.5) is 5.69 Å². The van der Waals surface area contributed by atoms with Gasteiger partial charge in [0.15, 0.2) is 15.8 Å². The van der Waals surface area contributed by atoms with E-state index in [9.17, 15) is 8.42 Å². The molecule has 0 aliphatic heterocycles. The summed E-state index contributed by atoms with van der Waals surface area (Å²) in [6, 6.07) is 11.8. The normalized spacial score (nSPS) is 11.6. The van der Waals surface area contributed by atoms with Gasteiger partial charge in [0.2, 0.25) is 0 Å². The van der Waals surface area contributed by atoms with Gasteiger partial charge in [0.05, 0.1) is 11.4 Å². The SMILES string of the molecule is CCNC(=NCc1ccc(S(C)(=O)=O)c(C)c1)NCc1ccc(C)cc1N(C)C.I. The third-order valence-corrected chi connectivity index (χ3v) is 5.83. The minimum Gasteiger partial charge on any atom is -0.377 e. The van der Waals surface area contributed by atoms with Crippen molar-refractivity contribution in [1.29, 1.82) is 0 Å². The third kappa shape index (κ3) is 7.46.